The third-order valence-corrected chi connectivity index (χ3v) is 6.44. The Kier molecular flexibility index (Phi) is 4.75. The number of hydrogen-bond donors (Lipinski definition) is 0. The summed E-state index contributed by atoms with van der Waals surface area (Å²) in [6.45, 7) is 0.424. The lowest BCUT2D eigenvalue weighted by Crippen LogP contribution is -2.53. The summed E-state index contributed by atoms with van der Waals surface area (Å²) in [5.41, 5.74) is 1.53. The van der Waals surface area contributed by atoms with Gasteiger partial charge in [0.15, 0.2) is 0 Å². The van der Waals surface area contributed by atoms with Gasteiger partial charge in [-0.15, -0.1) is 0 Å². The zero-order valence-corrected chi connectivity index (χ0v) is 16.6. The van der Waals surface area contributed by atoms with E-state index >= 15 is 0 Å². The van der Waals surface area contributed by atoms with E-state index in [4.69, 9.17) is 0 Å². The quantitative estimate of drug-likeness (QED) is 0.672. The summed E-state index contributed by atoms with van der Waals surface area (Å²) < 4.78 is 42.6. The minimum absolute atomic E-state index is 0.00281. The van der Waals surface area contributed by atoms with Gasteiger partial charge in [-0.1, -0.05) is 30.1 Å². The summed E-state index contributed by atoms with van der Waals surface area (Å²) >= 11 is 0. The first-order valence-corrected chi connectivity index (χ1v) is 10.4. The van der Waals surface area contributed by atoms with E-state index in [-0.39, 0.29) is 29.9 Å². The van der Waals surface area contributed by atoms with Crippen LogP contribution < -0.4 is 0 Å². The largest absolute Gasteiger partial charge is 0.471 e. The van der Waals surface area contributed by atoms with Gasteiger partial charge in [0.25, 0.3) is 5.91 Å². The van der Waals surface area contributed by atoms with Crippen molar-refractivity contribution >= 4 is 12.3 Å². The summed E-state index contributed by atoms with van der Waals surface area (Å²) in [6, 6.07) is 5.06. The Labute approximate surface area is 176 Å². The fraction of sp³-hybridized carbons (Fsp3) is 0.524. The molecule has 1 aromatic heterocycles. The second-order valence-electron chi connectivity index (χ2n) is 8.43. The number of carbonyl (C=O) groups excluding carboxylic acids is 2. The molecule has 2 amide bonds. The van der Waals surface area contributed by atoms with Crippen LogP contribution in [0.2, 0.25) is 0 Å². The van der Waals surface area contributed by atoms with E-state index in [9.17, 15) is 22.8 Å². The number of benzene rings is 1. The Bertz CT molecular complexity index is 1020. The molecule has 0 N–H and O–H groups in total. The third kappa shape index (κ3) is 3.57. The maximum atomic E-state index is 13.3. The molecule has 31 heavy (non-hydrogen) atoms. The van der Waals surface area contributed by atoms with Gasteiger partial charge in [0, 0.05) is 23.7 Å². The molecule has 0 saturated heterocycles. The van der Waals surface area contributed by atoms with Crippen molar-refractivity contribution < 1.29 is 27.3 Å². The fourth-order valence-electron chi connectivity index (χ4n) is 4.80. The smallest absolute Gasteiger partial charge is 0.337 e. The first-order valence-electron chi connectivity index (χ1n) is 10.4. The number of carbonyl (C=O) groups is 2. The van der Waals surface area contributed by atoms with E-state index in [0.717, 1.165) is 50.5 Å². The Morgan fingerprint density at radius 3 is 2.61 bits per heavy atom. The van der Waals surface area contributed by atoms with Crippen LogP contribution in [-0.4, -0.2) is 50.4 Å². The van der Waals surface area contributed by atoms with Crippen LogP contribution in [-0.2, 0) is 17.5 Å². The number of alkyl halides is 3. The molecule has 0 spiro atoms. The van der Waals surface area contributed by atoms with Crippen molar-refractivity contribution in [3.8, 4) is 11.4 Å². The monoisotopic (exact) mass is 434 g/mol. The lowest BCUT2D eigenvalue weighted by molar-refractivity contribution is -0.159. The van der Waals surface area contributed by atoms with Gasteiger partial charge in [-0.3, -0.25) is 9.59 Å². The predicted octanol–water partition coefficient (Wildman–Crippen LogP) is 3.64. The molecule has 0 radical (unpaired) electrons. The van der Waals surface area contributed by atoms with Crippen molar-refractivity contribution in [2.75, 3.05) is 0 Å². The third-order valence-electron chi connectivity index (χ3n) is 6.44. The van der Waals surface area contributed by atoms with Crippen LogP contribution in [0.15, 0.2) is 22.7 Å². The van der Waals surface area contributed by atoms with E-state index < -0.39 is 12.1 Å². The molecule has 10 heteroatoms. The second kappa shape index (κ2) is 7.35. The Balaban J connectivity index is 1.41. The number of halogens is 3. The van der Waals surface area contributed by atoms with Crippen molar-refractivity contribution in [2.45, 2.75) is 69.4 Å². The highest BCUT2D eigenvalue weighted by molar-refractivity contribution is 5.99. The van der Waals surface area contributed by atoms with Crippen molar-refractivity contribution in [3.63, 3.8) is 0 Å². The maximum absolute atomic E-state index is 13.3. The summed E-state index contributed by atoms with van der Waals surface area (Å²) in [7, 11) is 0. The summed E-state index contributed by atoms with van der Waals surface area (Å²) in [4.78, 5) is 32.1. The van der Waals surface area contributed by atoms with Crippen LogP contribution in [0.25, 0.3) is 11.4 Å². The van der Waals surface area contributed by atoms with Gasteiger partial charge < -0.3 is 14.3 Å². The van der Waals surface area contributed by atoms with Gasteiger partial charge in [0.2, 0.25) is 12.2 Å². The number of amides is 2. The number of nitrogens with zero attached hydrogens (tertiary/aromatic N) is 4. The van der Waals surface area contributed by atoms with Crippen molar-refractivity contribution in [3.05, 3.63) is 35.2 Å². The van der Waals surface area contributed by atoms with Gasteiger partial charge in [-0.2, -0.15) is 18.2 Å². The zero-order chi connectivity index (χ0) is 21.8. The average Bonchev–Trinajstić information content (AvgIpc) is 3.34. The maximum Gasteiger partial charge on any atom is 0.471 e. The molecule has 5 rings (SSSR count). The topological polar surface area (TPSA) is 79.5 Å². The van der Waals surface area contributed by atoms with Crippen LogP contribution in [0.5, 0.6) is 0 Å². The minimum Gasteiger partial charge on any atom is -0.337 e. The molecular formula is C21H21F3N4O3. The minimum atomic E-state index is -4.73. The molecule has 0 unspecified atom stereocenters. The molecule has 2 atom stereocenters. The predicted molar refractivity (Wildman–Crippen MR) is 102 cm³/mol. The lowest BCUT2D eigenvalue weighted by Gasteiger charge is -2.42. The van der Waals surface area contributed by atoms with E-state index in [2.05, 4.69) is 14.7 Å². The van der Waals surface area contributed by atoms with Crippen LogP contribution >= 0.6 is 0 Å². The number of hydrogen-bond acceptors (Lipinski definition) is 5. The highest BCUT2D eigenvalue weighted by Crippen LogP contribution is 2.38. The number of aromatic nitrogens is 2. The lowest BCUT2D eigenvalue weighted by atomic mass is 9.88. The van der Waals surface area contributed by atoms with E-state index in [1.54, 1.807) is 12.1 Å². The Morgan fingerprint density at radius 1 is 1.16 bits per heavy atom. The van der Waals surface area contributed by atoms with Gasteiger partial charge in [-0.05, 0) is 37.3 Å². The van der Waals surface area contributed by atoms with Gasteiger partial charge in [0.05, 0.1) is 12.1 Å². The van der Waals surface area contributed by atoms with Crippen molar-refractivity contribution in [1.29, 1.82) is 0 Å². The van der Waals surface area contributed by atoms with E-state index in [1.165, 1.54) is 6.07 Å². The first kappa shape index (κ1) is 20.0. The van der Waals surface area contributed by atoms with Crippen molar-refractivity contribution in [1.82, 2.24) is 19.9 Å². The molecule has 1 aliphatic heterocycles. The van der Waals surface area contributed by atoms with Crippen LogP contribution in [0.4, 0.5) is 13.2 Å². The van der Waals surface area contributed by atoms with Crippen molar-refractivity contribution in [2.24, 2.45) is 0 Å². The molecule has 1 aromatic carbocycles. The van der Waals surface area contributed by atoms with E-state index in [1.807, 2.05) is 9.80 Å². The molecule has 2 fully saturated rings. The standard InChI is InChI=1S/C21H21F3N4O3/c22-21(23,24)20-25-18(26-31-20)12-5-6-13-10-27(19(30)15(13)9-12)16-3-1-2-4-17(16)28(11-29)14-7-8-14/h5-6,9,11,14,16-17H,1-4,7-8,10H2/t16-,17-/m1/s1. The Hall–Kier alpha value is -2.91. The molecule has 2 saturated carbocycles. The first-order chi connectivity index (χ1) is 14.9. The molecule has 164 valence electrons. The molecule has 2 heterocycles. The molecule has 2 aliphatic carbocycles. The SMILES string of the molecule is O=CN(C1CC1)[C@@H]1CCCC[C@H]1N1Cc2ccc(-c3noc(C(F)(F)F)n3)cc2C1=O. The highest BCUT2D eigenvalue weighted by Gasteiger charge is 2.44. The molecular weight excluding hydrogens is 413 g/mol. The van der Waals surface area contributed by atoms with Gasteiger partial charge in [0.1, 0.15) is 0 Å². The normalized spacial score (nSPS) is 23.7. The molecule has 3 aliphatic rings. The van der Waals surface area contributed by atoms with E-state index in [0.29, 0.717) is 17.7 Å². The second-order valence-corrected chi connectivity index (χ2v) is 8.43. The van der Waals surface area contributed by atoms with Crippen LogP contribution in [0, 0.1) is 0 Å². The Morgan fingerprint density at radius 2 is 1.94 bits per heavy atom. The van der Waals surface area contributed by atoms with Gasteiger partial charge in [-0.25, -0.2) is 0 Å². The number of rotatable bonds is 5. The summed E-state index contributed by atoms with van der Waals surface area (Å²) in [6.07, 6.45) is 1.91. The average molecular weight is 434 g/mol. The fourth-order valence-corrected chi connectivity index (χ4v) is 4.80. The van der Waals surface area contributed by atoms with Crippen LogP contribution in [0.3, 0.4) is 0 Å². The number of fused-ring (bicyclic) bond motifs is 1. The molecule has 2 aromatic rings. The zero-order valence-electron chi connectivity index (χ0n) is 16.6. The summed E-state index contributed by atoms with van der Waals surface area (Å²) in [5.74, 6) is -1.80. The van der Waals surface area contributed by atoms with Gasteiger partial charge >= 0.3 is 12.1 Å². The highest BCUT2D eigenvalue weighted by atomic mass is 19.4. The molecule has 7 nitrogen and oxygen atoms in total. The molecule has 0 bridgehead atoms. The van der Waals surface area contributed by atoms with Crippen LogP contribution in [0.1, 0.15) is 60.3 Å². The summed E-state index contributed by atoms with van der Waals surface area (Å²) in [5, 5.41) is 3.41.